The second-order valence-corrected chi connectivity index (χ2v) is 17.8. The Bertz CT molecular complexity index is 4210. The molecule has 0 aliphatic heterocycles. The van der Waals surface area contributed by atoms with Crippen LogP contribution in [-0.2, 0) is 0 Å². The van der Waals surface area contributed by atoms with E-state index >= 15 is 0 Å². The third-order valence-corrected chi connectivity index (χ3v) is 14.4. The monoisotopic (exact) mass is 832 g/mol. The standard InChI is InChI=1S/C66H40/c1-2-18-44-39-45(38-33-41(44)17-1)63-54-27-11-15-31-58(54)66(59-32-16-12-28-55(59)63)65-56-29-13-9-25-52(56)62(53-26-10-14-30-57(53)65)43-36-34-42(35-37-43)60-40-61-48-21-4-3-19-46(48)47-20-5-7-23-50(47)64(61)51-24-8-6-22-49(51)60/h1-40H. The number of rotatable bonds is 4. The first-order valence-corrected chi connectivity index (χ1v) is 23.0. The largest absolute Gasteiger partial charge is 0.0616 e. The molecule has 14 aromatic carbocycles. The molecule has 0 radical (unpaired) electrons. The molecular formula is C66H40. The van der Waals surface area contributed by atoms with Crippen LogP contribution in [0.1, 0.15) is 0 Å². The van der Waals surface area contributed by atoms with Gasteiger partial charge in [0.15, 0.2) is 0 Å². The van der Waals surface area contributed by atoms with E-state index in [0.29, 0.717) is 0 Å². The minimum Gasteiger partial charge on any atom is -0.0616 e. The van der Waals surface area contributed by atoms with E-state index < -0.39 is 0 Å². The topological polar surface area (TPSA) is 0 Å². The molecule has 0 heterocycles. The molecule has 0 aromatic heterocycles. The van der Waals surface area contributed by atoms with Crippen LogP contribution in [0.5, 0.6) is 0 Å². The maximum atomic E-state index is 2.45. The van der Waals surface area contributed by atoms with Crippen LogP contribution >= 0.6 is 0 Å². The normalized spacial score (nSPS) is 11.9. The fourth-order valence-electron chi connectivity index (χ4n) is 11.6. The van der Waals surface area contributed by atoms with Crippen LogP contribution in [0.2, 0.25) is 0 Å². The number of hydrogen-bond donors (Lipinski definition) is 0. The number of benzene rings is 14. The van der Waals surface area contributed by atoms with Gasteiger partial charge < -0.3 is 0 Å². The summed E-state index contributed by atoms with van der Waals surface area (Å²) in [6.07, 6.45) is 0. The highest BCUT2D eigenvalue weighted by molar-refractivity contribution is 6.34. The van der Waals surface area contributed by atoms with E-state index in [1.54, 1.807) is 0 Å². The molecule has 304 valence electrons. The van der Waals surface area contributed by atoms with Gasteiger partial charge in [-0.3, -0.25) is 0 Å². The molecule has 0 aliphatic rings. The van der Waals surface area contributed by atoms with Gasteiger partial charge in [-0.15, -0.1) is 0 Å². The zero-order valence-corrected chi connectivity index (χ0v) is 36.1. The molecular weight excluding hydrogens is 793 g/mol. The summed E-state index contributed by atoms with van der Waals surface area (Å²) < 4.78 is 0. The van der Waals surface area contributed by atoms with Gasteiger partial charge in [-0.05, 0) is 154 Å². The minimum absolute atomic E-state index is 1.21. The fourth-order valence-corrected chi connectivity index (χ4v) is 11.6. The summed E-state index contributed by atoms with van der Waals surface area (Å²) in [4.78, 5) is 0. The first kappa shape index (κ1) is 36.9. The molecule has 0 nitrogen and oxygen atoms in total. The van der Waals surface area contributed by atoms with Crippen molar-refractivity contribution >= 4 is 97.0 Å². The van der Waals surface area contributed by atoms with Gasteiger partial charge in [0.2, 0.25) is 0 Å². The van der Waals surface area contributed by atoms with E-state index in [-0.39, 0.29) is 0 Å². The van der Waals surface area contributed by atoms with E-state index in [1.807, 2.05) is 0 Å². The highest BCUT2D eigenvalue weighted by Crippen LogP contribution is 2.51. The smallest absolute Gasteiger partial charge is 0.00139 e. The van der Waals surface area contributed by atoms with Crippen LogP contribution in [0.15, 0.2) is 243 Å². The number of hydrogen-bond acceptors (Lipinski definition) is 0. The first-order valence-electron chi connectivity index (χ1n) is 23.0. The van der Waals surface area contributed by atoms with Crippen LogP contribution in [0, 0.1) is 0 Å². The highest BCUT2D eigenvalue weighted by Gasteiger charge is 2.23. The SMILES string of the molecule is c1ccc2cc(-c3c4ccccc4c(-c4c5ccccc5c(-c5ccc(-c6cc7c8ccccc8c8ccccc8c7c7ccccc67)cc5)c5ccccc45)c4ccccc34)ccc2c1. The van der Waals surface area contributed by atoms with Crippen molar-refractivity contribution in [1.29, 1.82) is 0 Å². The van der Waals surface area contributed by atoms with Crippen LogP contribution in [0.4, 0.5) is 0 Å². The van der Waals surface area contributed by atoms with Crippen molar-refractivity contribution < 1.29 is 0 Å². The molecule has 0 saturated heterocycles. The Hall–Kier alpha value is -8.58. The van der Waals surface area contributed by atoms with Gasteiger partial charge in [-0.2, -0.15) is 0 Å². The molecule has 0 aliphatic carbocycles. The zero-order valence-electron chi connectivity index (χ0n) is 36.1. The van der Waals surface area contributed by atoms with Crippen molar-refractivity contribution in [2.24, 2.45) is 0 Å². The Labute approximate surface area is 382 Å². The molecule has 0 spiro atoms. The first-order chi connectivity index (χ1) is 32.8. The molecule has 0 bridgehead atoms. The molecule has 0 N–H and O–H groups in total. The maximum Gasteiger partial charge on any atom is -0.00139 e. The van der Waals surface area contributed by atoms with Crippen molar-refractivity contribution in [3.63, 3.8) is 0 Å². The Balaban J connectivity index is 0.997. The number of fused-ring (bicyclic) bond motifs is 13. The van der Waals surface area contributed by atoms with Crippen LogP contribution in [0.25, 0.3) is 141 Å². The average Bonchev–Trinajstić information content (AvgIpc) is 3.39. The van der Waals surface area contributed by atoms with Gasteiger partial charge in [0.1, 0.15) is 0 Å². The van der Waals surface area contributed by atoms with Crippen LogP contribution in [-0.4, -0.2) is 0 Å². The quantitative estimate of drug-likeness (QED) is 0.122. The van der Waals surface area contributed by atoms with E-state index in [2.05, 4.69) is 243 Å². The summed E-state index contributed by atoms with van der Waals surface area (Å²) in [6.45, 7) is 0. The Morgan fingerprint density at radius 2 is 0.485 bits per heavy atom. The van der Waals surface area contributed by atoms with Gasteiger partial charge in [0, 0.05) is 0 Å². The Morgan fingerprint density at radius 1 is 0.167 bits per heavy atom. The third-order valence-electron chi connectivity index (χ3n) is 14.4. The molecule has 0 heteroatoms. The molecule has 66 heavy (non-hydrogen) atoms. The van der Waals surface area contributed by atoms with Crippen molar-refractivity contribution in [2.45, 2.75) is 0 Å². The van der Waals surface area contributed by atoms with Gasteiger partial charge in [0.25, 0.3) is 0 Å². The van der Waals surface area contributed by atoms with Gasteiger partial charge in [-0.25, -0.2) is 0 Å². The minimum atomic E-state index is 1.21. The Kier molecular flexibility index (Phi) is 8.08. The summed E-state index contributed by atoms with van der Waals surface area (Å²) in [5, 5.41) is 22.9. The molecule has 0 amide bonds. The van der Waals surface area contributed by atoms with Crippen LogP contribution < -0.4 is 0 Å². The lowest BCUT2D eigenvalue weighted by molar-refractivity contribution is 1.65. The lowest BCUT2D eigenvalue weighted by Crippen LogP contribution is -1.94. The lowest BCUT2D eigenvalue weighted by atomic mass is 9.81. The Morgan fingerprint density at radius 3 is 0.985 bits per heavy atom. The summed E-state index contributed by atoms with van der Waals surface area (Å²) >= 11 is 0. The van der Waals surface area contributed by atoms with E-state index in [0.717, 1.165) is 0 Å². The lowest BCUT2D eigenvalue weighted by Gasteiger charge is -2.22. The summed E-state index contributed by atoms with van der Waals surface area (Å²) in [5.41, 5.74) is 10.0. The predicted molar refractivity (Wildman–Crippen MR) is 286 cm³/mol. The summed E-state index contributed by atoms with van der Waals surface area (Å²) in [5.74, 6) is 0. The van der Waals surface area contributed by atoms with Crippen LogP contribution in [0.3, 0.4) is 0 Å². The summed E-state index contributed by atoms with van der Waals surface area (Å²) in [6, 6.07) is 90.4. The van der Waals surface area contributed by atoms with Crippen molar-refractivity contribution in [3.8, 4) is 44.5 Å². The van der Waals surface area contributed by atoms with Gasteiger partial charge in [0.05, 0.1) is 0 Å². The second-order valence-electron chi connectivity index (χ2n) is 17.8. The predicted octanol–water partition coefficient (Wildman–Crippen LogP) is 18.7. The zero-order chi connectivity index (χ0) is 43.3. The van der Waals surface area contributed by atoms with Gasteiger partial charge >= 0.3 is 0 Å². The van der Waals surface area contributed by atoms with E-state index in [1.165, 1.54) is 141 Å². The molecule has 0 saturated carbocycles. The second kappa shape index (κ2) is 14.5. The molecule has 0 atom stereocenters. The average molecular weight is 833 g/mol. The third kappa shape index (κ3) is 5.39. The van der Waals surface area contributed by atoms with E-state index in [9.17, 15) is 0 Å². The maximum absolute atomic E-state index is 2.45. The summed E-state index contributed by atoms with van der Waals surface area (Å²) in [7, 11) is 0. The van der Waals surface area contributed by atoms with Crippen molar-refractivity contribution in [2.75, 3.05) is 0 Å². The van der Waals surface area contributed by atoms with Gasteiger partial charge in [-0.1, -0.05) is 231 Å². The molecule has 0 unspecified atom stereocenters. The molecule has 0 fully saturated rings. The fraction of sp³-hybridized carbons (Fsp3) is 0. The molecule has 14 rings (SSSR count). The highest BCUT2D eigenvalue weighted by atomic mass is 14.3. The molecule has 14 aromatic rings. The van der Waals surface area contributed by atoms with Crippen molar-refractivity contribution in [1.82, 2.24) is 0 Å². The van der Waals surface area contributed by atoms with Crippen molar-refractivity contribution in [3.05, 3.63) is 243 Å². The van der Waals surface area contributed by atoms with E-state index in [4.69, 9.17) is 0 Å².